The highest BCUT2D eigenvalue weighted by Crippen LogP contribution is 2.23. The van der Waals surface area contributed by atoms with E-state index < -0.39 is 10.0 Å². The fourth-order valence-electron chi connectivity index (χ4n) is 2.76. The first-order valence-corrected chi connectivity index (χ1v) is 9.39. The van der Waals surface area contributed by atoms with Crippen molar-refractivity contribution in [3.63, 3.8) is 0 Å². The highest BCUT2D eigenvalue weighted by molar-refractivity contribution is 7.89. The Balaban J connectivity index is 2.25. The maximum atomic E-state index is 12.9. The molecule has 2 rings (SSSR count). The Morgan fingerprint density at radius 2 is 1.67 bits per heavy atom. The van der Waals surface area contributed by atoms with E-state index in [1.54, 1.807) is 10.4 Å². The van der Waals surface area contributed by atoms with E-state index in [1.165, 1.54) is 6.42 Å². The average molecular weight is 310 g/mol. The second-order valence-corrected chi connectivity index (χ2v) is 7.47. The van der Waals surface area contributed by atoms with Crippen LogP contribution in [0.4, 0.5) is 0 Å². The van der Waals surface area contributed by atoms with E-state index in [1.807, 2.05) is 25.1 Å². The van der Waals surface area contributed by atoms with Gasteiger partial charge in [0.25, 0.3) is 0 Å². The topological polar surface area (TPSA) is 49.4 Å². The number of nitrogens with zero attached hydrogens (tertiary/aromatic N) is 1. The molecule has 0 aliphatic carbocycles. The van der Waals surface area contributed by atoms with E-state index in [0.29, 0.717) is 24.5 Å². The van der Waals surface area contributed by atoms with E-state index >= 15 is 0 Å². The summed E-state index contributed by atoms with van der Waals surface area (Å²) < 4.78 is 27.5. The van der Waals surface area contributed by atoms with E-state index in [9.17, 15) is 8.42 Å². The first kappa shape index (κ1) is 16.5. The van der Waals surface area contributed by atoms with Crippen LogP contribution in [-0.2, 0) is 16.6 Å². The lowest BCUT2D eigenvalue weighted by molar-refractivity contribution is 0.364. The van der Waals surface area contributed by atoms with Crippen LogP contribution in [0.1, 0.15) is 44.6 Å². The highest BCUT2D eigenvalue weighted by atomic mass is 32.2. The van der Waals surface area contributed by atoms with Crippen LogP contribution in [-0.4, -0.2) is 32.4 Å². The van der Waals surface area contributed by atoms with Gasteiger partial charge in [-0.25, -0.2) is 8.42 Å². The second kappa shape index (κ2) is 7.92. The largest absolute Gasteiger partial charge is 0.313 e. The molecule has 1 aliphatic rings. The Bertz CT molecular complexity index is 535. The Morgan fingerprint density at radius 1 is 1.05 bits per heavy atom. The van der Waals surface area contributed by atoms with Crippen LogP contribution in [0.5, 0.6) is 0 Å². The number of sulfonamides is 1. The molecule has 0 unspecified atom stereocenters. The number of rotatable bonds is 5. The lowest BCUT2D eigenvalue weighted by Gasteiger charge is -2.25. The molecular formula is C16H26N2O2S. The first-order valence-electron chi connectivity index (χ1n) is 7.95. The molecule has 0 saturated carbocycles. The molecule has 1 N–H and O–H groups in total. The third kappa shape index (κ3) is 4.28. The smallest absolute Gasteiger partial charge is 0.243 e. The fourth-order valence-corrected chi connectivity index (χ4v) is 4.50. The van der Waals surface area contributed by atoms with Crippen molar-refractivity contribution in [3.8, 4) is 0 Å². The van der Waals surface area contributed by atoms with Crippen LogP contribution in [0.3, 0.4) is 0 Å². The van der Waals surface area contributed by atoms with Crippen molar-refractivity contribution in [1.82, 2.24) is 9.62 Å². The van der Waals surface area contributed by atoms with Crippen molar-refractivity contribution < 1.29 is 8.42 Å². The molecule has 0 spiro atoms. The number of hydrogen-bond donors (Lipinski definition) is 1. The summed E-state index contributed by atoms with van der Waals surface area (Å²) in [7, 11) is -3.37. The molecule has 21 heavy (non-hydrogen) atoms. The van der Waals surface area contributed by atoms with E-state index in [2.05, 4.69) is 5.32 Å². The molecule has 0 bridgehead atoms. The average Bonchev–Trinajstić information content (AvgIpc) is 2.44. The van der Waals surface area contributed by atoms with Gasteiger partial charge < -0.3 is 5.32 Å². The molecule has 4 nitrogen and oxygen atoms in total. The van der Waals surface area contributed by atoms with Crippen molar-refractivity contribution in [2.75, 3.05) is 19.6 Å². The van der Waals surface area contributed by atoms with Crippen molar-refractivity contribution in [3.05, 3.63) is 29.8 Å². The van der Waals surface area contributed by atoms with Crippen molar-refractivity contribution in [2.24, 2.45) is 0 Å². The van der Waals surface area contributed by atoms with Crippen LogP contribution in [0.15, 0.2) is 29.2 Å². The van der Waals surface area contributed by atoms with E-state index in [-0.39, 0.29) is 0 Å². The van der Waals surface area contributed by atoms with Gasteiger partial charge in [0.05, 0.1) is 4.90 Å². The zero-order valence-electron chi connectivity index (χ0n) is 12.8. The summed E-state index contributed by atoms with van der Waals surface area (Å²) in [4.78, 5) is 0.464. The molecule has 118 valence electrons. The quantitative estimate of drug-likeness (QED) is 0.910. The van der Waals surface area contributed by atoms with Crippen LogP contribution < -0.4 is 5.32 Å². The normalized spacial score (nSPS) is 18.1. The molecule has 1 aromatic carbocycles. The molecule has 1 aliphatic heterocycles. The maximum Gasteiger partial charge on any atom is 0.243 e. The van der Waals surface area contributed by atoms with Gasteiger partial charge in [0.15, 0.2) is 0 Å². The van der Waals surface area contributed by atoms with Gasteiger partial charge in [-0.05, 0) is 31.0 Å². The molecule has 0 aromatic heterocycles. The molecule has 0 amide bonds. The molecule has 5 heteroatoms. The fraction of sp³-hybridized carbons (Fsp3) is 0.625. The Labute approximate surface area is 128 Å². The summed E-state index contributed by atoms with van der Waals surface area (Å²) in [6.07, 6.45) is 5.42. The molecular weight excluding hydrogens is 284 g/mol. The zero-order valence-corrected chi connectivity index (χ0v) is 13.7. The summed E-state index contributed by atoms with van der Waals surface area (Å²) >= 11 is 0. The highest BCUT2D eigenvalue weighted by Gasteiger charge is 2.26. The predicted octanol–water partition coefficient (Wildman–Crippen LogP) is 2.75. The van der Waals surface area contributed by atoms with E-state index in [0.717, 1.165) is 37.8 Å². The third-order valence-electron chi connectivity index (χ3n) is 3.97. The number of hydrogen-bond acceptors (Lipinski definition) is 3. The SMILES string of the molecule is CCNCc1ccccc1S(=O)(=O)N1CCCCCCC1. The monoisotopic (exact) mass is 310 g/mol. The van der Waals surface area contributed by atoms with E-state index in [4.69, 9.17) is 0 Å². The molecule has 1 heterocycles. The molecule has 1 aromatic rings. The second-order valence-electron chi connectivity index (χ2n) is 5.56. The van der Waals surface area contributed by atoms with Gasteiger partial charge in [0.2, 0.25) is 10.0 Å². The maximum absolute atomic E-state index is 12.9. The summed E-state index contributed by atoms with van der Waals surface area (Å²) in [5.41, 5.74) is 0.862. The van der Waals surface area contributed by atoms with Gasteiger partial charge in [-0.1, -0.05) is 44.4 Å². The molecule has 1 fully saturated rings. The lowest BCUT2D eigenvalue weighted by Crippen LogP contribution is -2.34. The van der Waals surface area contributed by atoms with Gasteiger partial charge >= 0.3 is 0 Å². The lowest BCUT2D eigenvalue weighted by atomic mass is 10.1. The van der Waals surface area contributed by atoms with Gasteiger partial charge in [-0.15, -0.1) is 0 Å². The van der Waals surface area contributed by atoms with Crippen molar-refractivity contribution in [2.45, 2.75) is 50.5 Å². The van der Waals surface area contributed by atoms with Crippen LogP contribution in [0.2, 0.25) is 0 Å². The Morgan fingerprint density at radius 3 is 2.33 bits per heavy atom. The number of nitrogens with one attached hydrogen (secondary N) is 1. The van der Waals surface area contributed by atoms with Gasteiger partial charge in [0.1, 0.15) is 0 Å². The summed E-state index contributed by atoms with van der Waals surface area (Å²) in [5.74, 6) is 0. The zero-order chi connectivity index (χ0) is 15.1. The van der Waals surface area contributed by atoms with Crippen LogP contribution >= 0.6 is 0 Å². The van der Waals surface area contributed by atoms with Gasteiger partial charge in [-0.3, -0.25) is 0 Å². The molecule has 0 radical (unpaired) electrons. The van der Waals surface area contributed by atoms with Crippen LogP contribution in [0.25, 0.3) is 0 Å². The summed E-state index contributed by atoms with van der Waals surface area (Å²) in [5, 5.41) is 3.22. The minimum Gasteiger partial charge on any atom is -0.313 e. The Kier molecular flexibility index (Phi) is 6.21. The van der Waals surface area contributed by atoms with Crippen molar-refractivity contribution >= 4 is 10.0 Å². The molecule has 1 saturated heterocycles. The minimum atomic E-state index is -3.37. The summed E-state index contributed by atoms with van der Waals surface area (Å²) in [6.45, 7) is 4.75. The predicted molar refractivity (Wildman–Crippen MR) is 85.7 cm³/mol. The first-order chi connectivity index (χ1) is 10.2. The minimum absolute atomic E-state index is 0.464. The Hall–Kier alpha value is -0.910. The van der Waals surface area contributed by atoms with Gasteiger partial charge in [0, 0.05) is 19.6 Å². The number of benzene rings is 1. The molecule has 0 atom stereocenters. The standard InChI is InChI=1S/C16H26N2O2S/c1-2-17-14-15-10-6-7-11-16(15)21(19,20)18-12-8-4-3-5-9-13-18/h6-7,10-11,17H,2-5,8-9,12-14H2,1H3. The van der Waals surface area contributed by atoms with Crippen LogP contribution in [0, 0.1) is 0 Å². The third-order valence-corrected chi connectivity index (χ3v) is 5.97. The van der Waals surface area contributed by atoms with Gasteiger partial charge in [-0.2, -0.15) is 4.31 Å². The summed E-state index contributed by atoms with van der Waals surface area (Å²) in [6, 6.07) is 7.35. The van der Waals surface area contributed by atoms with Crippen molar-refractivity contribution in [1.29, 1.82) is 0 Å².